The van der Waals surface area contributed by atoms with E-state index in [-0.39, 0.29) is 0 Å². The van der Waals surface area contributed by atoms with Crippen LogP contribution in [0, 0.1) is 5.92 Å². The molecule has 4 nitrogen and oxygen atoms in total. The van der Waals surface area contributed by atoms with Gasteiger partial charge < -0.3 is 19.7 Å². The molecule has 21 heavy (non-hydrogen) atoms. The minimum atomic E-state index is 0.342. The van der Waals surface area contributed by atoms with E-state index in [9.17, 15) is 0 Å². The van der Waals surface area contributed by atoms with Crippen LogP contribution >= 0.6 is 0 Å². The Hall–Kier alpha value is -1.26. The van der Waals surface area contributed by atoms with E-state index in [1.807, 2.05) is 6.07 Å². The zero-order chi connectivity index (χ0) is 14.7. The van der Waals surface area contributed by atoms with Crippen molar-refractivity contribution in [3.63, 3.8) is 0 Å². The lowest BCUT2D eigenvalue weighted by molar-refractivity contribution is 0.171. The third-order valence-electron chi connectivity index (χ3n) is 4.18. The van der Waals surface area contributed by atoms with Crippen LogP contribution in [0.4, 0.5) is 0 Å². The van der Waals surface area contributed by atoms with Crippen LogP contribution in [-0.2, 0) is 0 Å². The molecule has 1 N–H and O–H groups in total. The number of rotatable bonds is 7. The van der Waals surface area contributed by atoms with Gasteiger partial charge in [-0.15, -0.1) is 0 Å². The highest BCUT2D eigenvalue weighted by molar-refractivity contribution is 5.44. The lowest BCUT2D eigenvalue weighted by atomic mass is 10.0. The number of fused-ring (bicyclic) bond motifs is 1. The number of nitrogens with zero attached hydrogens (tertiary/aromatic N) is 1. The summed E-state index contributed by atoms with van der Waals surface area (Å²) in [6.45, 7) is 6.66. The summed E-state index contributed by atoms with van der Waals surface area (Å²) in [5.74, 6) is 2.68. The zero-order valence-electron chi connectivity index (χ0n) is 13.1. The molecule has 1 fully saturated rings. The van der Waals surface area contributed by atoms with Crippen molar-refractivity contribution in [1.82, 2.24) is 10.2 Å². The maximum Gasteiger partial charge on any atom is 0.161 e. The smallest absolute Gasteiger partial charge is 0.161 e. The minimum Gasteiger partial charge on any atom is -0.486 e. The molecule has 0 saturated heterocycles. The van der Waals surface area contributed by atoms with Gasteiger partial charge in [-0.25, -0.2) is 0 Å². The van der Waals surface area contributed by atoms with Crippen molar-refractivity contribution < 1.29 is 9.47 Å². The normalized spacial score (nSPS) is 18.8. The van der Waals surface area contributed by atoms with E-state index in [0.29, 0.717) is 19.3 Å². The fraction of sp³-hybridized carbons (Fsp3) is 0.647. The molecule has 1 aromatic carbocycles. The molecule has 0 radical (unpaired) electrons. The molecule has 1 atom stereocenters. The lowest BCUT2D eigenvalue weighted by Gasteiger charge is -2.26. The second-order valence-corrected chi connectivity index (χ2v) is 6.18. The van der Waals surface area contributed by atoms with Gasteiger partial charge in [0.1, 0.15) is 13.2 Å². The monoisotopic (exact) mass is 290 g/mol. The zero-order valence-corrected chi connectivity index (χ0v) is 13.1. The molecule has 1 heterocycles. The second kappa shape index (κ2) is 6.67. The summed E-state index contributed by atoms with van der Waals surface area (Å²) in [7, 11) is 2.22. The van der Waals surface area contributed by atoms with Gasteiger partial charge in [-0.3, -0.25) is 0 Å². The van der Waals surface area contributed by atoms with Gasteiger partial charge in [-0.2, -0.15) is 0 Å². The van der Waals surface area contributed by atoms with E-state index >= 15 is 0 Å². The summed E-state index contributed by atoms with van der Waals surface area (Å²) in [4.78, 5) is 2.45. The molecule has 1 aliphatic heterocycles. The first-order valence-corrected chi connectivity index (χ1v) is 8.07. The number of nitrogens with one attached hydrogen (secondary N) is 1. The summed E-state index contributed by atoms with van der Waals surface area (Å²) < 4.78 is 11.3. The van der Waals surface area contributed by atoms with Crippen LogP contribution in [0.2, 0.25) is 0 Å². The number of likely N-dealkylation sites (N-methyl/N-ethyl adjacent to an activating group) is 2. The summed E-state index contributed by atoms with van der Waals surface area (Å²) in [5.41, 5.74) is 1.28. The summed E-state index contributed by atoms with van der Waals surface area (Å²) in [6.07, 6.45) is 2.81. The van der Waals surface area contributed by atoms with Crippen LogP contribution in [0.25, 0.3) is 0 Å². The first-order valence-electron chi connectivity index (χ1n) is 8.07. The first kappa shape index (κ1) is 14.7. The molecule has 0 amide bonds. The van der Waals surface area contributed by atoms with Crippen molar-refractivity contribution in [3.05, 3.63) is 23.8 Å². The predicted octanol–water partition coefficient (Wildman–Crippen LogP) is 2.45. The number of benzene rings is 1. The van der Waals surface area contributed by atoms with Gasteiger partial charge >= 0.3 is 0 Å². The molecule has 0 spiro atoms. The summed E-state index contributed by atoms with van der Waals surface area (Å²) in [6, 6.07) is 6.67. The molecule has 1 saturated carbocycles. The predicted molar refractivity (Wildman–Crippen MR) is 84.1 cm³/mol. The van der Waals surface area contributed by atoms with Crippen molar-refractivity contribution >= 4 is 0 Å². The van der Waals surface area contributed by atoms with Crippen LogP contribution < -0.4 is 14.8 Å². The fourth-order valence-corrected chi connectivity index (χ4v) is 2.94. The van der Waals surface area contributed by atoms with Crippen LogP contribution in [0.3, 0.4) is 0 Å². The Bertz CT molecular complexity index is 474. The molecular weight excluding hydrogens is 264 g/mol. The topological polar surface area (TPSA) is 33.7 Å². The Morgan fingerprint density at radius 1 is 1.24 bits per heavy atom. The second-order valence-electron chi connectivity index (χ2n) is 6.18. The highest BCUT2D eigenvalue weighted by Crippen LogP contribution is 2.33. The molecule has 1 aromatic rings. The molecular formula is C17H26N2O2. The lowest BCUT2D eigenvalue weighted by Crippen LogP contribution is -2.34. The fourth-order valence-electron chi connectivity index (χ4n) is 2.94. The standard InChI is InChI=1S/C17H26N2O2/c1-3-18-15(12-19(2)11-13-4-5-13)14-6-7-16-17(10-14)21-9-8-20-16/h6-7,10,13,15,18H,3-5,8-9,11-12H2,1-2H3. The highest BCUT2D eigenvalue weighted by Gasteiger charge is 2.24. The maximum atomic E-state index is 5.71. The van der Waals surface area contributed by atoms with Crippen molar-refractivity contribution in [2.24, 2.45) is 5.92 Å². The average molecular weight is 290 g/mol. The minimum absolute atomic E-state index is 0.342. The average Bonchev–Trinajstić information content (AvgIpc) is 3.30. The summed E-state index contributed by atoms with van der Waals surface area (Å²) >= 11 is 0. The van der Waals surface area contributed by atoms with Crippen molar-refractivity contribution in [2.45, 2.75) is 25.8 Å². The van der Waals surface area contributed by atoms with Gasteiger partial charge in [-0.1, -0.05) is 13.0 Å². The molecule has 1 aliphatic carbocycles. The van der Waals surface area contributed by atoms with E-state index < -0.39 is 0 Å². The van der Waals surface area contributed by atoms with E-state index in [0.717, 1.165) is 30.5 Å². The van der Waals surface area contributed by atoms with Gasteiger partial charge in [0, 0.05) is 19.1 Å². The largest absolute Gasteiger partial charge is 0.486 e. The molecule has 116 valence electrons. The quantitative estimate of drug-likeness (QED) is 0.836. The molecule has 0 bridgehead atoms. The van der Waals surface area contributed by atoms with Crippen LogP contribution in [-0.4, -0.2) is 44.8 Å². The highest BCUT2D eigenvalue weighted by atomic mass is 16.6. The molecule has 3 rings (SSSR count). The Balaban J connectivity index is 1.69. The summed E-state index contributed by atoms with van der Waals surface area (Å²) in [5, 5.41) is 3.59. The Kier molecular flexibility index (Phi) is 4.66. The molecule has 2 aliphatic rings. The van der Waals surface area contributed by atoms with Crippen LogP contribution in [0.5, 0.6) is 11.5 Å². The van der Waals surface area contributed by atoms with Crippen molar-refractivity contribution in [1.29, 1.82) is 0 Å². The molecule has 1 unspecified atom stereocenters. The third kappa shape index (κ3) is 3.89. The van der Waals surface area contributed by atoms with Gasteiger partial charge in [0.25, 0.3) is 0 Å². The Labute approximate surface area is 127 Å². The van der Waals surface area contributed by atoms with Gasteiger partial charge in [-0.05, 0) is 50.0 Å². The van der Waals surface area contributed by atoms with Crippen LogP contribution in [0.15, 0.2) is 18.2 Å². The van der Waals surface area contributed by atoms with E-state index in [1.54, 1.807) is 0 Å². The van der Waals surface area contributed by atoms with E-state index in [1.165, 1.54) is 24.9 Å². The number of hydrogen-bond donors (Lipinski definition) is 1. The number of ether oxygens (including phenoxy) is 2. The van der Waals surface area contributed by atoms with Crippen molar-refractivity contribution in [3.8, 4) is 11.5 Å². The third-order valence-corrected chi connectivity index (χ3v) is 4.18. The maximum absolute atomic E-state index is 5.71. The number of hydrogen-bond acceptors (Lipinski definition) is 4. The molecule has 4 heteroatoms. The van der Waals surface area contributed by atoms with Crippen molar-refractivity contribution in [2.75, 3.05) is 39.9 Å². The van der Waals surface area contributed by atoms with E-state index in [4.69, 9.17) is 9.47 Å². The Morgan fingerprint density at radius 3 is 2.71 bits per heavy atom. The SMILES string of the molecule is CCNC(CN(C)CC1CC1)c1ccc2c(c1)OCCO2. The van der Waals surface area contributed by atoms with Gasteiger partial charge in [0.2, 0.25) is 0 Å². The van der Waals surface area contributed by atoms with Crippen LogP contribution in [0.1, 0.15) is 31.4 Å². The Morgan fingerprint density at radius 2 is 2.00 bits per heavy atom. The van der Waals surface area contributed by atoms with E-state index in [2.05, 4.69) is 36.3 Å². The van der Waals surface area contributed by atoms with Gasteiger partial charge in [0.05, 0.1) is 0 Å². The van der Waals surface area contributed by atoms with Gasteiger partial charge in [0.15, 0.2) is 11.5 Å². The first-order chi connectivity index (χ1) is 10.3. The molecule has 0 aromatic heterocycles.